The quantitative estimate of drug-likeness (QED) is 0.283. The molecule has 0 spiro atoms. The van der Waals surface area contributed by atoms with E-state index < -0.39 is 0 Å². The average Bonchev–Trinajstić information content (AvgIpc) is 2.87. The van der Waals surface area contributed by atoms with Gasteiger partial charge in [0.1, 0.15) is 0 Å². The molecule has 1 saturated carbocycles. The Kier molecular flexibility index (Phi) is 10.5. The third kappa shape index (κ3) is 7.46. The summed E-state index contributed by atoms with van der Waals surface area (Å²) >= 11 is 0. The lowest BCUT2D eigenvalue weighted by Crippen LogP contribution is -2.30. The molecule has 3 rings (SSSR count). The molecule has 0 N–H and O–H groups in total. The second kappa shape index (κ2) is 13.6. The van der Waals surface area contributed by atoms with Gasteiger partial charge in [-0.25, -0.2) is 0 Å². The maximum atomic E-state index is 10.1. The molecule has 0 radical (unpaired) electrons. The second-order valence-corrected chi connectivity index (χ2v) is 10.4. The van der Waals surface area contributed by atoms with Gasteiger partial charge in [-0.05, 0) is 66.7 Å². The topological polar surface area (TPSA) is 23.8 Å². The number of hydrogen-bond acceptors (Lipinski definition) is 1. The fraction of sp³-hybridized carbons (Fsp3) is 0.594. The number of benzene rings is 2. The van der Waals surface area contributed by atoms with Gasteiger partial charge in [0.15, 0.2) is 0 Å². The third-order valence-corrected chi connectivity index (χ3v) is 7.93. The third-order valence-electron chi connectivity index (χ3n) is 7.93. The van der Waals surface area contributed by atoms with Crippen molar-refractivity contribution < 1.29 is 0 Å². The van der Waals surface area contributed by atoms with Crippen molar-refractivity contribution in [3.05, 3.63) is 59.7 Å². The number of unbranched alkanes of at least 4 members (excludes halogenated alkanes) is 7. The highest BCUT2D eigenvalue weighted by Gasteiger charge is 2.36. The molecule has 0 heterocycles. The van der Waals surface area contributed by atoms with E-state index in [4.69, 9.17) is 0 Å². The summed E-state index contributed by atoms with van der Waals surface area (Å²) < 4.78 is 0. The van der Waals surface area contributed by atoms with E-state index in [2.05, 4.69) is 68.4 Å². The summed E-state index contributed by atoms with van der Waals surface area (Å²) in [5.41, 5.74) is 4.92. The van der Waals surface area contributed by atoms with Gasteiger partial charge in [-0.1, -0.05) is 120 Å². The zero-order chi connectivity index (χ0) is 23.4. The van der Waals surface area contributed by atoms with Gasteiger partial charge in [-0.3, -0.25) is 0 Å². The maximum absolute atomic E-state index is 10.1. The fourth-order valence-electron chi connectivity index (χ4n) is 5.56. The Labute approximate surface area is 203 Å². The number of nitrogens with zero attached hydrogens (tertiary/aromatic N) is 1. The second-order valence-electron chi connectivity index (χ2n) is 10.4. The minimum Gasteiger partial charge on any atom is -0.197 e. The van der Waals surface area contributed by atoms with Crippen LogP contribution in [0.3, 0.4) is 0 Å². The van der Waals surface area contributed by atoms with Crippen molar-refractivity contribution in [2.24, 2.45) is 5.92 Å². The van der Waals surface area contributed by atoms with Crippen molar-refractivity contribution in [1.82, 2.24) is 0 Å². The van der Waals surface area contributed by atoms with Crippen molar-refractivity contribution in [2.75, 3.05) is 0 Å². The molecule has 1 aliphatic rings. The number of hydrogen-bond donors (Lipinski definition) is 0. The molecule has 0 atom stereocenters. The molecule has 1 aliphatic carbocycles. The van der Waals surface area contributed by atoms with Crippen LogP contribution in [-0.2, 0) is 11.8 Å². The van der Waals surface area contributed by atoms with Gasteiger partial charge in [0.25, 0.3) is 0 Å². The molecular formula is C32H45N. The zero-order valence-corrected chi connectivity index (χ0v) is 21.2. The van der Waals surface area contributed by atoms with Crippen molar-refractivity contribution in [1.29, 1.82) is 5.26 Å². The predicted molar refractivity (Wildman–Crippen MR) is 142 cm³/mol. The van der Waals surface area contributed by atoms with Crippen LogP contribution in [-0.4, -0.2) is 0 Å². The van der Waals surface area contributed by atoms with E-state index in [1.165, 1.54) is 106 Å². The van der Waals surface area contributed by atoms with Crippen LogP contribution in [0.1, 0.15) is 115 Å². The van der Waals surface area contributed by atoms with Gasteiger partial charge in [0.2, 0.25) is 0 Å². The van der Waals surface area contributed by atoms with Crippen molar-refractivity contribution in [2.45, 2.75) is 116 Å². The van der Waals surface area contributed by atoms with Gasteiger partial charge in [-0.15, -0.1) is 0 Å². The Balaban J connectivity index is 1.54. The summed E-state index contributed by atoms with van der Waals surface area (Å²) in [5, 5.41) is 10.1. The smallest absolute Gasteiger partial charge is 0.0822 e. The molecule has 0 bridgehead atoms. The van der Waals surface area contributed by atoms with Crippen LogP contribution in [0.2, 0.25) is 0 Å². The Hall–Kier alpha value is -2.07. The standard InChI is InChI=1S/C32H45N/c1-3-5-7-9-11-12-27-14-16-29(17-15-27)30-18-20-31(21-19-30)32(26-33)24-22-28(23-25-32)13-10-8-6-4-2/h14-21,28H,3-13,22-25H2,1-2H3/t28-,32+. The highest BCUT2D eigenvalue weighted by Crippen LogP contribution is 2.43. The van der Waals surface area contributed by atoms with Crippen molar-refractivity contribution >= 4 is 0 Å². The van der Waals surface area contributed by atoms with Gasteiger partial charge in [0.05, 0.1) is 11.5 Å². The molecule has 0 aliphatic heterocycles. The minimum absolute atomic E-state index is 0.278. The highest BCUT2D eigenvalue weighted by molar-refractivity contribution is 5.64. The molecule has 0 saturated heterocycles. The van der Waals surface area contributed by atoms with E-state index in [-0.39, 0.29) is 5.41 Å². The van der Waals surface area contributed by atoms with Crippen LogP contribution in [0.5, 0.6) is 0 Å². The van der Waals surface area contributed by atoms with Crippen LogP contribution in [0.25, 0.3) is 11.1 Å². The molecule has 1 nitrogen and oxygen atoms in total. The summed E-state index contributed by atoms with van der Waals surface area (Å²) in [4.78, 5) is 0. The van der Waals surface area contributed by atoms with E-state index in [9.17, 15) is 5.26 Å². The average molecular weight is 444 g/mol. The summed E-state index contributed by atoms with van der Waals surface area (Å²) in [6, 6.07) is 20.7. The number of nitriles is 1. The van der Waals surface area contributed by atoms with Gasteiger partial charge < -0.3 is 0 Å². The number of aryl methyl sites for hydroxylation is 1. The highest BCUT2D eigenvalue weighted by atomic mass is 14.4. The fourth-order valence-corrected chi connectivity index (χ4v) is 5.56. The summed E-state index contributed by atoms with van der Waals surface area (Å²) in [6.45, 7) is 4.55. The first-order valence-corrected chi connectivity index (χ1v) is 13.8. The Morgan fingerprint density at radius 2 is 1.27 bits per heavy atom. The largest absolute Gasteiger partial charge is 0.197 e. The monoisotopic (exact) mass is 443 g/mol. The molecule has 178 valence electrons. The lowest BCUT2D eigenvalue weighted by Gasteiger charge is -2.35. The first-order chi connectivity index (χ1) is 16.2. The van der Waals surface area contributed by atoms with Crippen molar-refractivity contribution in [3.63, 3.8) is 0 Å². The lowest BCUT2D eigenvalue weighted by atomic mass is 9.66. The van der Waals surface area contributed by atoms with Crippen LogP contribution >= 0.6 is 0 Å². The molecule has 0 unspecified atom stereocenters. The lowest BCUT2D eigenvalue weighted by molar-refractivity contribution is 0.261. The van der Waals surface area contributed by atoms with Gasteiger partial charge in [-0.2, -0.15) is 5.26 Å². The van der Waals surface area contributed by atoms with E-state index in [0.717, 1.165) is 18.8 Å². The van der Waals surface area contributed by atoms with Crippen LogP contribution in [0, 0.1) is 17.2 Å². The Bertz CT molecular complexity index is 832. The van der Waals surface area contributed by atoms with E-state index >= 15 is 0 Å². The molecule has 1 fully saturated rings. The first-order valence-electron chi connectivity index (χ1n) is 13.8. The maximum Gasteiger partial charge on any atom is 0.0822 e. The first kappa shape index (κ1) is 25.6. The number of rotatable bonds is 13. The van der Waals surface area contributed by atoms with Crippen LogP contribution in [0.4, 0.5) is 0 Å². The van der Waals surface area contributed by atoms with E-state index in [0.29, 0.717) is 0 Å². The van der Waals surface area contributed by atoms with Crippen LogP contribution < -0.4 is 0 Å². The molecule has 33 heavy (non-hydrogen) atoms. The van der Waals surface area contributed by atoms with Gasteiger partial charge >= 0.3 is 0 Å². The summed E-state index contributed by atoms with van der Waals surface area (Å²) in [5.74, 6) is 0.827. The predicted octanol–water partition coefficient (Wildman–Crippen LogP) is 9.79. The minimum atomic E-state index is -0.278. The molecule has 1 heteroatoms. The molecule has 0 amide bonds. The molecule has 2 aromatic carbocycles. The summed E-state index contributed by atoms with van der Waals surface area (Å²) in [6.07, 6.45) is 19.1. The van der Waals surface area contributed by atoms with Crippen molar-refractivity contribution in [3.8, 4) is 17.2 Å². The van der Waals surface area contributed by atoms with Gasteiger partial charge in [0, 0.05) is 0 Å². The van der Waals surface area contributed by atoms with E-state index in [1.54, 1.807) is 0 Å². The molecular weight excluding hydrogens is 398 g/mol. The Morgan fingerprint density at radius 1 is 0.727 bits per heavy atom. The molecule has 2 aromatic rings. The SMILES string of the molecule is CCCCCCCc1ccc(-c2ccc([C@]3(C#N)CC[C@H](CCCCCC)CC3)cc2)cc1. The zero-order valence-electron chi connectivity index (χ0n) is 21.2. The summed E-state index contributed by atoms with van der Waals surface area (Å²) in [7, 11) is 0. The Morgan fingerprint density at radius 3 is 1.85 bits per heavy atom. The normalized spacial score (nSPS) is 20.5. The van der Waals surface area contributed by atoms with E-state index in [1.807, 2.05) is 0 Å². The van der Waals surface area contributed by atoms with Crippen LogP contribution in [0.15, 0.2) is 48.5 Å². The molecule has 0 aromatic heterocycles.